The van der Waals surface area contributed by atoms with E-state index in [1.165, 1.54) is 15.0 Å². The van der Waals surface area contributed by atoms with Gasteiger partial charge in [-0.05, 0) is 56.7 Å². The number of anilines is 3. The molecule has 0 saturated carbocycles. The van der Waals surface area contributed by atoms with Gasteiger partial charge >= 0.3 is 0 Å². The van der Waals surface area contributed by atoms with Crippen molar-refractivity contribution in [3.63, 3.8) is 0 Å². The van der Waals surface area contributed by atoms with Crippen molar-refractivity contribution in [3.05, 3.63) is 91.0 Å². The summed E-state index contributed by atoms with van der Waals surface area (Å²) in [4.78, 5) is 43.4. The molecule has 0 radical (unpaired) electrons. The van der Waals surface area contributed by atoms with Gasteiger partial charge in [-0.2, -0.15) is 20.3 Å². The van der Waals surface area contributed by atoms with E-state index in [-0.39, 0.29) is 11.8 Å². The highest BCUT2D eigenvalue weighted by molar-refractivity contribution is 6.33. The van der Waals surface area contributed by atoms with Gasteiger partial charge in [0, 0.05) is 5.71 Å². The van der Waals surface area contributed by atoms with E-state index >= 15 is 0 Å². The van der Waals surface area contributed by atoms with Gasteiger partial charge in [0.2, 0.25) is 0 Å². The molecular weight excluding hydrogens is 504 g/mol. The van der Waals surface area contributed by atoms with Crippen molar-refractivity contribution >= 4 is 51.9 Å². The normalized spacial score (nSPS) is 24.5. The monoisotopic (exact) mass is 532 g/mol. The molecule has 3 aliphatic rings. The van der Waals surface area contributed by atoms with Gasteiger partial charge in [-0.15, -0.1) is 0 Å². The maximum atomic E-state index is 14.8. The Hall–Kier alpha value is -4.92. The van der Waals surface area contributed by atoms with Crippen LogP contribution >= 0.6 is 0 Å². The number of carbonyl (C=O) groups is 3. The summed E-state index contributed by atoms with van der Waals surface area (Å²) in [6, 6.07) is 27.2. The van der Waals surface area contributed by atoms with Crippen LogP contribution in [0.2, 0.25) is 0 Å². The van der Waals surface area contributed by atoms with Crippen LogP contribution in [-0.4, -0.2) is 34.9 Å². The summed E-state index contributed by atoms with van der Waals surface area (Å²) in [5, 5.41) is 18.0. The lowest BCUT2D eigenvalue weighted by Gasteiger charge is -2.37. The topological polar surface area (TPSA) is 98.0 Å². The minimum Gasteiger partial charge on any atom is -0.272 e. The Labute approximate surface area is 232 Å². The molecule has 6 rings (SSSR count). The number of hydrazone groups is 3. The van der Waals surface area contributed by atoms with Crippen LogP contribution in [0, 0.1) is 17.3 Å². The molecule has 9 nitrogen and oxygen atoms in total. The molecular formula is C31H28N6O3. The zero-order valence-corrected chi connectivity index (χ0v) is 22.4. The zero-order chi connectivity index (χ0) is 28.0. The highest BCUT2D eigenvalue weighted by atomic mass is 16.2. The molecule has 3 heterocycles. The Bertz CT molecular complexity index is 1590. The predicted molar refractivity (Wildman–Crippen MR) is 155 cm³/mol. The molecule has 40 heavy (non-hydrogen) atoms. The summed E-state index contributed by atoms with van der Waals surface area (Å²) in [7, 11) is 0. The molecule has 0 aliphatic carbocycles. The lowest BCUT2D eigenvalue weighted by atomic mass is 9.60. The minimum absolute atomic E-state index is 0.374. The Balaban J connectivity index is 1.53. The second kappa shape index (κ2) is 9.68. The molecule has 0 saturated heterocycles. The van der Waals surface area contributed by atoms with Crippen molar-refractivity contribution in [1.29, 1.82) is 0 Å². The van der Waals surface area contributed by atoms with E-state index < -0.39 is 23.2 Å². The van der Waals surface area contributed by atoms with Gasteiger partial charge < -0.3 is 0 Å². The van der Waals surface area contributed by atoms with Crippen molar-refractivity contribution in [2.45, 2.75) is 27.2 Å². The number of rotatable bonds is 6. The number of carbonyl (C=O) groups excluding carboxylic acids is 3. The van der Waals surface area contributed by atoms with Crippen LogP contribution in [0.3, 0.4) is 0 Å². The van der Waals surface area contributed by atoms with Gasteiger partial charge in [-0.25, -0.2) is 10.0 Å². The molecule has 0 bridgehead atoms. The fraction of sp³-hybridized carbons (Fsp3) is 0.226. The molecule has 3 atom stereocenters. The quantitative estimate of drug-likeness (QED) is 0.453. The van der Waals surface area contributed by atoms with E-state index in [0.29, 0.717) is 40.6 Å². The summed E-state index contributed by atoms with van der Waals surface area (Å²) < 4.78 is 0. The van der Waals surface area contributed by atoms with Crippen LogP contribution in [0.25, 0.3) is 0 Å². The SMILES string of the molecule is CCC1=NN(c2ccccc2)C(=O)[C@H]1[C@]1([C@H]2C(=O)N(c3ccccc3)N=C2C)C(=O)N(c2ccccc2)N=C1C. The highest BCUT2D eigenvalue weighted by Crippen LogP contribution is 2.51. The van der Waals surface area contributed by atoms with Crippen LogP contribution < -0.4 is 15.0 Å². The first-order valence-electron chi connectivity index (χ1n) is 13.2. The van der Waals surface area contributed by atoms with Gasteiger partial charge in [0.15, 0.2) is 0 Å². The van der Waals surface area contributed by atoms with Crippen molar-refractivity contribution in [2.24, 2.45) is 32.6 Å². The van der Waals surface area contributed by atoms with Gasteiger partial charge in [0.1, 0.15) is 17.3 Å². The van der Waals surface area contributed by atoms with E-state index in [1.54, 1.807) is 50.2 Å². The number of nitrogens with zero attached hydrogens (tertiary/aromatic N) is 6. The predicted octanol–water partition coefficient (Wildman–Crippen LogP) is 4.86. The summed E-state index contributed by atoms with van der Waals surface area (Å²) in [5.41, 5.74) is 1.40. The summed E-state index contributed by atoms with van der Waals surface area (Å²) >= 11 is 0. The van der Waals surface area contributed by atoms with E-state index in [4.69, 9.17) is 10.2 Å². The van der Waals surface area contributed by atoms with Crippen molar-refractivity contribution in [2.75, 3.05) is 15.0 Å². The van der Waals surface area contributed by atoms with Crippen LogP contribution in [0.5, 0.6) is 0 Å². The Morgan fingerprint density at radius 3 is 1.57 bits per heavy atom. The van der Waals surface area contributed by atoms with E-state index in [2.05, 4.69) is 5.10 Å². The number of para-hydroxylation sites is 3. The van der Waals surface area contributed by atoms with Gasteiger partial charge in [-0.3, -0.25) is 14.4 Å². The van der Waals surface area contributed by atoms with E-state index in [1.807, 2.05) is 61.5 Å². The first-order valence-corrected chi connectivity index (χ1v) is 13.2. The molecule has 3 aliphatic heterocycles. The van der Waals surface area contributed by atoms with E-state index in [0.717, 1.165) is 0 Å². The maximum absolute atomic E-state index is 14.8. The molecule has 0 spiro atoms. The number of hydrogen-bond donors (Lipinski definition) is 0. The Morgan fingerprint density at radius 2 is 1.07 bits per heavy atom. The number of benzene rings is 3. The summed E-state index contributed by atoms with van der Waals surface area (Å²) in [6.07, 6.45) is 0.410. The molecule has 3 aromatic carbocycles. The van der Waals surface area contributed by atoms with Crippen LogP contribution in [0.15, 0.2) is 106 Å². The fourth-order valence-corrected chi connectivity index (χ4v) is 6.01. The third-order valence-electron chi connectivity index (χ3n) is 7.82. The average Bonchev–Trinajstić information content (AvgIpc) is 3.58. The molecule has 0 N–H and O–H groups in total. The molecule has 0 fully saturated rings. The first-order chi connectivity index (χ1) is 19.4. The van der Waals surface area contributed by atoms with Gasteiger partial charge in [-0.1, -0.05) is 61.5 Å². The molecule has 0 aromatic heterocycles. The van der Waals surface area contributed by atoms with Crippen molar-refractivity contribution < 1.29 is 14.4 Å². The van der Waals surface area contributed by atoms with Crippen LogP contribution in [0.4, 0.5) is 17.1 Å². The first kappa shape index (κ1) is 25.4. The highest BCUT2D eigenvalue weighted by Gasteiger charge is 2.68. The molecule has 3 aromatic rings. The van der Waals surface area contributed by atoms with Gasteiger partial charge in [0.25, 0.3) is 17.7 Å². The molecule has 200 valence electrons. The lowest BCUT2D eigenvalue weighted by Crippen LogP contribution is -2.59. The summed E-state index contributed by atoms with van der Waals surface area (Å²) in [5.74, 6) is -3.31. The number of amides is 3. The largest absolute Gasteiger partial charge is 0.272 e. The lowest BCUT2D eigenvalue weighted by molar-refractivity contribution is -0.136. The molecule has 9 heteroatoms. The summed E-state index contributed by atoms with van der Waals surface area (Å²) in [6.45, 7) is 5.35. The minimum atomic E-state index is -1.65. The third-order valence-corrected chi connectivity index (χ3v) is 7.82. The van der Waals surface area contributed by atoms with E-state index in [9.17, 15) is 14.4 Å². The number of hydrogen-bond acceptors (Lipinski definition) is 6. The Morgan fingerprint density at radius 1 is 0.625 bits per heavy atom. The molecule has 3 amide bonds. The van der Waals surface area contributed by atoms with Crippen molar-refractivity contribution in [1.82, 2.24) is 0 Å². The van der Waals surface area contributed by atoms with Gasteiger partial charge in [0.05, 0.1) is 28.5 Å². The van der Waals surface area contributed by atoms with Crippen LogP contribution in [0.1, 0.15) is 27.2 Å². The fourth-order valence-electron chi connectivity index (χ4n) is 6.01. The molecule has 0 unspecified atom stereocenters. The second-order valence-corrected chi connectivity index (χ2v) is 10.0. The standard InChI is InChI=1S/C31H28N6O3/c1-4-25-27(29(39)36(34-25)23-16-10-6-11-17-23)31(21(3)33-37(30(31)40)24-18-12-7-13-19-24)26-20(2)32-35(28(26)38)22-14-8-5-9-15-22/h5-19,26-27H,4H2,1-3H3/t26-,27+,31+/m1/s1. The maximum Gasteiger partial charge on any atom is 0.261 e. The smallest absolute Gasteiger partial charge is 0.261 e. The zero-order valence-electron chi connectivity index (χ0n) is 22.4. The van der Waals surface area contributed by atoms with Crippen LogP contribution in [-0.2, 0) is 14.4 Å². The Kier molecular flexibility index (Phi) is 6.14. The third kappa shape index (κ3) is 3.61. The average molecular weight is 533 g/mol. The second-order valence-electron chi connectivity index (χ2n) is 10.0. The van der Waals surface area contributed by atoms with Crippen molar-refractivity contribution in [3.8, 4) is 0 Å².